The van der Waals surface area contributed by atoms with Gasteiger partial charge >= 0.3 is 0 Å². The van der Waals surface area contributed by atoms with E-state index in [4.69, 9.17) is 14.2 Å². The minimum absolute atomic E-state index is 0.114. The van der Waals surface area contributed by atoms with Crippen molar-refractivity contribution in [3.05, 3.63) is 94.5 Å². The smallest absolute Gasteiger partial charge is 0.255 e. The summed E-state index contributed by atoms with van der Waals surface area (Å²) in [6, 6.07) is 21.4. The molecule has 1 unspecified atom stereocenters. The Balaban J connectivity index is 1.17. The van der Waals surface area contributed by atoms with Gasteiger partial charge in [-0.25, -0.2) is 0 Å². The molecule has 0 spiro atoms. The summed E-state index contributed by atoms with van der Waals surface area (Å²) in [5.74, 6) is 0.907. The lowest BCUT2D eigenvalue weighted by molar-refractivity contribution is -0.138. The number of hydrogen-bond acceptors (Lipinski definition) is 6. The van der Waals surface area contributed by atoms with Gasteiger partial charge in [0.2, 0.25) is 5.91 Å². The maximum atomic E-state index is 14.0. The van der Waals surface area contributed by atoms with Crippen LogP contribution in [0.25, 0.3) is 0 Å². The number of aryl methyl sites for hydroxylation is 1. The molecule has 1 heterocycles. The van der Waals surface area contributed by atoms with E-state index >= 15 is 0 Å². The lowest BCUT2D eigenvalue weighted by Crippen LogP contribution is -2.55. The van der Waals surface area contributed by atoms with Gasteiger partial charge in [0.05, 0.1) is 38.4 Å². The maximum Gasteiger partial charge on any atom is 0.255 e. The Bertz CT molecular complexity index is 1420. The van der Waals surface area contributed by atoms with Crippen LogP contribution in [0.15, 0.2) is 66.7 Å². The highest BCUT2D eigenvalue weighted by atomic mass is 16.5. The average Bonchev–Trinajstić information content (AvgIpc) is 3.89. The van der Waals surface area contributed by atoms with E-state index in [0.717, 1.165) is 30.7 Å². The molecule has 2 fully saturated rings. The highest BCUT2D eigenvalue weighted by Crippen LogP contribution is 2.32. The number of amides is 2. The van der Waals surface area contributed by atoms with E-state index in [1.54, 1.807) is 13.2 Å². The molecule has 1 aliphatic heterocycles. The van der Waals surface area contributed by atoms with Crippen molar-refractivity contribution in [1.29, 1.82) is 0 Å². The Morgan fingerprint density at radius 3 is 2.45 bits per heavy atom. The minimum Gasteiger partial charge on any atom is -0.496 e. The number of methoxy groups -OCH3 is 1. The monoisotopic (exact) mass is 599 g/mol. The first kappa shape index (κ1) is 31.5. The molecule has 2 amide bonds. The number of ether oxygens (including phenoxy) is 3. The van der Waals surface area contributed by atoms with E-state index < -0.39 is 0 Å². The maximum absolute atomic E-state index is 14.0. The Kier molecular flexibility index (Phi) is 10.9. The fraction of sp³-hybridized carbons (Fsp3) is 0.444. The van der Waals surface area contributed by atoms with Crippen molar-refractivity contribution in [2.24, 2.45) is 5.92 Å². The van der Waals surface area contributed by atoms with Crippen molar-refractivity contribution in [2.75, 3.05) is 33.4 Å². The molecule has 1 aliphatic carbocycles. The summed E-state index contributed by atoms with van der Waals surface area (Å²) in [4.78, 5) is 29.6. The standard InChI is InChI=1S/C36H45N3O5/c1-25-10-8-12-27(26(25)2)23-39(29-16-17-29)36(41)31-22-37-19-18-32(31)38-35(40)30-13-5-7-15-34(30)44-21-9-20-43-24-28-11-4-6-14-33(28)42-3/h4-8,10-15,29,31-32,37H,9,16-24H2,1-3H3,(H,38,40)/t31?,32-/m0/s1. The Labute approximate surface area is 261 Å². The van der Waals surface area contributed by atoms with Gasteiger partial charge in [0.1, 0.15) is 11.5 Å². The summed E-state index contributed by atoms with van der Waals surface area (Å²) in [7, 11) is 1.65. The van der Waals surface area contributed by atoms with Gasteiger partial charge in [-0.3, -0.25) is 9.59 Å². The number of carbonyl (C=O) groups is 2. The zero-order valence-corrected chi connectivity index (χ0v) is 26.1. The molecule has 2 atom stereocenters. The first-order valence-corrected chi connectivity index (χ1v) is 15.7. The molecule has 5 rings (SSSR count). The third-order valence-corrected chi connectivity index (χ3v) is 8.72. The van der Waals surface area contributed by atoms with Crippen molar-refractivity contribution < 1.29 is 23.8 Å². The van der Waals surface area contributed by atoms with Gasteiger partial charge in [0.15, 0.2) is 0 Å². The van der Waals surface area contributed by atoms with Crippen LogP contribution in [0, 0.1) is 19.8 Å². The number of benzene rings is 3. The molecule has 44 heavy (non-hydrogen) atoms. The average molecular weight is 600 g/mol. The number of nitrogens with one attached hydrogen (secondary N) is 2. The van der Waals surface area contributed by atoms with E-state index in [9.17, 15) is 9.59 Å². The van der Waals surface area contributed by atoms with Gasteiger partial charge < -0.3 is 29.7 Å². The van der Waals surface area contributed by atoms with Gasteiger partial charge in [-0.05, 0) is 74.5 Å². The van der Waals surface area contributed by atoms with Crippen molar-refractivity contribution in [3.8, 4) is 11.5 Å². The van der Waals surface area contributed by atoms with Crippen LogP contribution in [0.4, 0.5) is 0 Å². The lowest BCUT2D eigenvalue weighted by Gasteiger charge is -2.36. The minimum atomic E-state index is -0.327. The second-order valence-electron chi connectivity index (χ2n) is 11.8. The van der Waals surface area contributed by atoms with Crippen LogP contribution in [-0.4, -0.2) is 62.2 Å². The zero-order valence-electron chi connectivity index (χ0n) is 26.1. The molecule has 3 aromatic rings. The van der Waals surface area contributed by atoms with E-state index in [1.807, 2.05) is 47.4 Å². The van der Waals surface area contributed by atoms with Crippen LogP contribution < -0.4 is 20.1 Å². The third-order valence-electron chi connectivity index (χ3n) is 8.72. The third kappa shape index (κ3) is 7.98. The molecular weight excluding hydrogens is 554 g/mol. The number of piperidine rings is 1. The molecule has 1 saturated heterocycles. The van der Waals surface area contributed by atoms with Gasteiger partial charge in [0.25, 0.3) is 5.91 Å². The van der Waals surface area contributed by atoms with Crippen molar-refractivity contribution in [1.82, 2.24) is 15.5 Å². The Morgan fingerprint density at radius 2 is 1.66 bits per heavy atom. The van der Waals surface area contributed by atoms with Gasteiger partial charge in [-0.2, -0.15) is 0 Å². The van der Waals surface area contributed by atoms with Crippen LogP contribution in [0.3, 0.4) is 0 Å². The molecule has 8 heteroatoms. The molecule has 234 valence electrons. The van der Waals surface area contributed by atoms with E-state index in [0.29, 0.717) is 57.1 Å². The molecule has 0 bridgehead atoms. The highest BCUT2D eigenvalue weighted by Gasteiger charge is 2.40. The molecule has 0 radical (unpaired) electrons. The summed E-state index contributed by atoms with van der Waals surface area (Å²) in [5, 5.41) is 6.59. The van der Waals surface area contributed by atoms with Crippen molar-refractivity contribution in [2.45, 2.75) is 64.8 Å². The molecule has 1 saturated carbocycles. The van der Waals surface area contributed by atoms with E-state index in [2.05, 4.69) is 42.7 Å². The molecule has 8 nitrogen and oxygen atoms in total. The van der Waals surface area contributed by atoms with E-state index in [1.165, 1.54) is 16.7 Å². The zero-order chi connectivity index (χ0) is 30.9. The van der Waals surface area contributed by atoms with Crippen molar-refractivity contribution in [3.63, 3.8) is 0 Å². The second kappa shape index (κ2) is 15.2. The number of rotatable bonds is 14. The van der Waals surface area contributed by atoms with Gasteiger partial charge in [-0.15, -0.1) is 0 Å². The molecule has 2 aliphatic rings. The van der Waals surface area contributed by atoms with Crippen LogP contribution in [0.2, 0.25) is 0 Å². The van der Waals surface area contributed by atoms with Gasteiger partial charge in [-0.1, -0.05) is 48.5 Å². The first-order valence-electron chi connectivity index (χ1n) is 15.7. The summed E-state index contributed by atoms with van der Waals surface area (Å²) < 4.78 is 17.2. The SMILES string of the molecule is COc1ccccc1COCCCOc1ccccc1C(=O)N[C@H]1CCNCC1C(=O)N(Cc1cccc(C)c1C)C1CC1. The predicted octanol–water partition coefficient (Wildman–Crippen LogP) is 5.20. The normalized spacial score (nSPS) is 18.0. The highest BCUT2D eigenvalue weighted by molar-refractivity contribution is 5.97. The van der Waals surface area contributed by atoms with Crippen LogP contribution >= 0.6 is 0 Å². The summed E-state index contributed by atoms with van der Waals surface area (Å²) >= 11 is 0. The topological polar surface area (TPSA) is 89.1 Å². The summed E-state index contributed by atoms with van der Waals surface area (Å²) in [6.07, 6.45) is 3.43. The number of para-hydroxylation sites is 2. The quantitative estimate of drug-likeness (QED) is 0.248. The number of nitrogens with zero attached hydrogens (tertiary/aromatic N) is 1. The van der Waals surface area contributed by atoms with Crippen molar-refractivity contribution >= 4 is 11.8 Å². The molecule has 0 aromatic heterocycles. The molecule has 2 N–H and O–H groups in total. The Hall–Kier alpha value is -3.88. The molecular formula is C36H45N3O5. The molecule has 3 aromatic carbocycles. The number of hydrogen-bond donors (Lipinski definition) is 2. The fourth-order valence-electron chi connectivity index (χ4n) is 5.82. The fourth-order valence-corrected chi connectivity index (χ4v) is 5.82. The summed E-state index contributed by atoms with van der Waals surface area (Å²) in [5.41, 5.74) is 5.12. The lowest BCUT2D eigenvalue weighted by atomic mass is 9.91. The summed E-state index contributed by atoms with van der Waals surface area (Å²) in [6.45, 7) is 7.53. The largest absolute Gasteiger partial charge is 0.496 e. The van der Waals surface area contributed by atoms with Crippen LogP contribution in [-0.2, 0) is 22.7 Å². The van der Waals surface area contributed by atoms with Gasteiger partial charge in [0, 0.05) is 37.2 Å². The Morgan fingerprint density at radius 1 is 0.909 bits per heavy atom. The van der Waals surface area contributed by atoms with Crippen LogP contribution in [0.1, 0.15) is 58.3 Å². The van der Waals surface area contributed by atoms with E-state index in [-0.39, 0.29) is 29.8 Å². The number of carbonyl (C=O) groups excluding carboxylic acids is 2. The second-order valence-corrected chi connectivity index (χ2v) is 11.8. The van der Waals surface area contributed by atoms with Crippen LogP contribution in [0.5, 0.6) is 11.5 Å². The predicted molar refractivity (Wildman–Crippen MR) is 171 cm³/mol. The first-order chi connectivity index (χ1) is 21.5.